The van der Waals surface area contributed by atoms with Gasteiger partial charge in [-0.05, 0) is 26.7 Å². The largest absolute Gasteiger partial charge is 0.388 e. The van der Waals surface area contributed by atoms with E-state index in [9.17, 15) is 5.11 Å². The fourth-order valence-corrected chi connectivity index (χ4v) is 1.84. The Kier molecular flexibility index (Phi) is 4.29. The Morgan fingerprint density at radius 1 is 1.47 bits per heavy atom. The van der Waals surface area contributed by atoms with Crippen molar-refractivity contribution in [2.45, 2.75) is 32.8 Å². The zero-order chi connectivity index (χ0) is 11.4. The minimum atomic E-state index is -0.422. The summed E-state index contributed by atoms with van der Waals surface area (Å²) in [5.41, 5.74) is 2.92. The van der Waals surface area contributed by atoms with Crippen LogP contribution in [-0.4, -0.2) is 28.6 Å². The van der Waals surface area contributed by atoms with Gasteiger partial charge in [-0.2, -0.15) is 5.10 Å². The average molecular weight is 212 g/mol. The average Bonchev–Trinajstić information content (AvgIpc) is 2.41. The number of hydrogen-bond donors (Lipinski definition) is 1. The first kappa shape index (κ1) is 12.2. The van der Waals surface area contributed by atoms with E-state index >= 15 is 0 Å². The number of rotatable bonds is 5. The molecule has 0 bridgehead atoms. The van der Waals surface area contributed by atoms with Crippen LogP contribution < -0.4 is 0 Å². The Morgan fingerprint density at radius 2 is 2.13 bits per heavy atom. The minimum absolute atomic E-state index is 0.422. The topological polar surface area (TPSA) is 47.3 Å². The van der Waals surface area contributed by atoms with E-state index in [2.05, 4.69) is 5.10 Å². The predicted octanol–water partition coefficient (Wildman–Crippen LogP) is 1.50. The number of nitrogens with zero attached hydrogens (tertiary/aromatic N) is 2. The molecule has 0 aliphatic carbocycles. The van der Waals surface area contributed by atoms with Gasteiger partial charge in [0.25, 0.3) is 0 Å². The van der Waals surface area contributed by atoms with Crippen molar-refractivity contribution in [2.24, 2.45) is 7.05 Å². The highest BCUT2D eigenvalue weighted by atomic mass is 16.5. The normalized spacial score (nSPS) is 13.1. The number of methoxy groups -OCH3 is 1. The Bertz CT molecular complexity index is 321. The van der Waals surface area contributed by atoms with Crippen LogP contribution in [0.5, 0.6) is 0 Å². The maximum absolute atomic E-state index is 10.0. The number of ether oxygens (including phenoxy) is 1. The smallest absolute Gasteiger partial charge is 0.0826 e. The van der Waals surface area contributed by atoms with Gasteiger partial charge in [0.1, 0.15) is 0 Å². The predicted molar refractivity (Wildman–Crippen MR) is 58.8 cm³/mol. The quantitative estimate of drug-likeness (QED) is 0.752. The van der Waals surface area contributed by atoms with Gasteiger partial charge in [0.15, 0.2) is 0 Å². The van der Waals surface area contributed by atoms with Crippen LogP contribution in [0, 0.1) is 13.8 Å². The highest BCUT2D eigenvalue weighted by molar-refractivity contribution is 5.26. The van der Waals surface area contributed by atoms with Gasteiger partial charge in [0, 0.05) is 32.0 Å². The maximum atomic E-state index is 10.0. The molecule has 1 aromatic heterocycles. The van der Waals surface area contributed by atoms with E-state index in [4.69, 9.17) is 4.74 Å². The van der Waals surface area contributed by atoms with E-state index in [0.717, 1.165) is 29.8 Å². The fourth-order valence-electron chi connectivity index (χ4n) is 1.84. The van der Waals surface area contributed by atoms with Gasteiger partial charge in [-0.25, -0.2) is 0 Å². The van der Waals surface area contributed by atoms with Crippen molar-refractivity contribution < 1.29 is 9.84 Å². The van der Waals surface area contributed by atoms with Gasteiger partial charge in [0.2, 0.25) is 0 Å². The lowest BCUT2D eigenvalue weighted by Crippen LogP contribution is -2.03. The number of aliphatic hydroxyl groups is 1. The van der Waals surface area contributed by atoms with Crippen molar-refractivity contribution in [2.75, 3.05) is 13.7 Å². The molecule has 0 aromatic carbocycles. The zero-order valence-corrected chi connectivity index (χ0v) is 9.95. The summed E-state index contributed by atoms with van der Waals surface area (Å²) in [5.74, 6) is 0. The number of aromatic nitrogens is 2. The first-order valence-corrected chi connectivity index (χ1v) is 5.25. The van der Waals surface area contributed by atoms with Gasteiger partial charge in [-0.1, -0.05) is 0 Å². The molecule has 4 heteroatoms. The lowest BCUT2D eigenvalue weighted by atomic mass is 10.0. The molecule has 1 N–H and O–H groups in total. The first-order valence-electron chi connectivity index (χ1n) is 5.25. The van der Waals surface area contributed by atoms with Crippen molar-refractivity contribution in [3.8, 4) is 0 Å². The molecular weight excluding hydrogens is 192 g/mol. The third-order valence-corrected chi connectivity index (χ3v) is 2.72. The van der Waals surface area contributed by atoms with E-state index in [1.165, 1.54) is 0 Å². The first-order chi connectivity index (χ1) is 7.07. The van der Waals surface area contributed by atoms with Crippen LogP contribution in [0.2, 0.25) is 0 Å². The highest BCUT2D eigenvalue weighted by Gasteiger charge is 2.17. The van der Waals surface area contributed by atoms with Crippen molar-refractivity contribution in [1.29, 1.82) is 0 Å². The van der Waals surface area contributed by atoms with Gasteiger partial charge in [-0.15, -0.1) is 0 Å². The fraction of sp³-hybridized carbons (Fsp3) is 0.727. The van der Waals surface area contributed by atoms with Crippen LogP contribution in [-0.2, 0) is 11.8 Å². The summed E-state index contributed by atoms with van der Waals surface area (Å²) >= 11 is 0. The molecule has 0 aliphatic heterocycles. The van der Waals surface area contributed by atoms with E-state index in [-0.39, 0.29) is 0 Å². The SMILES string of the molecule is COCCCC(O)c1c(C)nn(C)c1C. The molecule has 0 amide bonds. The summed E-state index contributed by atoms with van der Waals surface area (Å²) in [6.07, 6.45) is 1.17. The number of hydrogen-bond acceptors (Lipinski definition) is 3. The summed E-state index contributed by atoms with van der Waals surface area (Å²) in [4.78, 5) is 0. The second kappa shape index (κ2) is 5.28. The lowest BCUT2D eigenvalue weighted by Gasteiger charge is -2.10. The number of aliphatic hydroxyl groups excluding tert-OH is 1. The third kappa shape index (κ3) is 2.79. The molecule has 0 saturated carbocycles. The summed E-state index contributed by atoms with van der Waals surface area (Å²) in [6.45, 7) is 4.60. The molecule has 0 fully saturated rings. The molecular formula is C11H20N2O2. The van der Waals surface area contributed by atoms with E-state index in [1.54, 1.807) is 7.11 Å². The molecule has 1 heterocycles. The Balaban J connectivity index is 2.68. The third-order valence-electron chi connectivity index (χ3n) is 2.72. The Morgan fingerprint density at radius 3 is 2.60 bits per heavy atom. The summed E-state index contributed by atoms with van der Waals surface area (Å²) < 4.78 is 6.77. The molecule has 1 aromatic rings. The van der Waals surface area contributed by atoms with E-state index < -0.39 is 6.10 Å². The second-order valence-corrected chi connectivity index (χ2v) is 3.86. The van der Waals surface area contributed by atoms with Crippen molar-refractivity contribution in [3.63, 3.8) is 0 Å². The standard InChI is InChI=1S/C11H20N2O2/c1-8-11(9(2)13(3)12-8)10(14)6-5-7-15-4/h10,14H,5-7H2,1-4H3. The Hall–Kier alpha value is -0.870. The van der Waals surface area contributed by atoms with E-state index in [1.807, 2.05) is 25.6 Å². The highest BCUT2D eigenvalue weighted by Crippen LogP contribution is 2.24. The molecule has 1 unspecified atom stereocenters. The lowest BCUT2D eigenvalue weighted by molar-refractivity contribution is 0.135. The zero-order valence-electron chi connectivity index (χ0n) is 9.95. The molecule has 0 aliphatic rings. The molecule has 86 valence electrons. The molecule has 0 spiro atoms. The molecule has 4 nitrogen and oxygen atoms in total. The van der Waals surface area contributed by atoms with Crippen LogP contribution in [0.4, 0.5) is 0 Å². The second-order valence-electron chi connectivity index (χ2n) is 3.86. The van der Waals surface area contributed by atoms with E-state index in [0.29, 0.717) is 6.61 Å². The Labute approximate surface area is 90.9 Å². The van der Waals surface area contributed by atoms with Gasteiger partial charge < -0.3 is 9.84 Å². The van der Waals surface area contributed by atoms with Gasteiger partial charge in [-0.3, -0.25) is 4.68 Å². The summed E-state index contributed by atoms with van der Waals surface area (Å²) in [5, 5.41) is 14.3. The van der Waals surface area contributed by atoms with Crippen molar-refractivity contribution in [1.82, 2.24) is 9.78 Å². The van der Waals surface area contributed by atoms with Gasteiger partial charge in [0.05, 0.1) is 11.8 Å². The molecule has 15 heavy (non-hydrogen) atoms. The molecule has 1 rings (SSSR count). The maximum Gasteiger partial charge on any atom is 0.0826 e. The van der Waals surface area contributed by atoms with Crippen molar-refractivity contribution in [3.05, 3.63) is 17.0 Å². The summed E-state index contributed by atoms with van der Waals surface area (Å²) in [7, 11) is 3.57. The molecule has 0 saturated heterocycles. The monoisotopic (exact) mass is 212 g/mol. The van der Waals surface area contributed by atoms with Crippen molar-refractivity contribution >= 4 is 0 Å². The van der Waals surface area contributed by atoms with Crippen LogP contribution in [0.1, 0.15) is 35.9 Å². The summed E-state index contributed by atoms with van der Waals surface area (Å²) in [6, 6.07) is 0. The molecule has 0 radical (unpaired) electrons. The van der Waals surface area contributed by atoms with Crippen LogP contribution >= 0.6 is 0 Å². The molecule has 1 atom stereocenters. The van der Waals surface area contributed by atoms with Crippen LogP contribution in [0.25, 0.3) is 0 Å². The number of aryl methyl sites for hydroxylation is 2. The van der Waals surface area contributed by atoms with Crippen LogP contribution in [0.3, 0.4) is 0 Å². The minimum Gasteiger partial charge on any atom is -0.388 e. The van der Waals surface area contributed by atoms with Crippen LogP contribution in [0.15, 0.2) is 0 Å². The van der Waals surface area contributed by atoms with Gasteiger partial charge >= 0.3 is 0 Å².